The van der Waals surface area contributed by atoms with Gasteiger partial charge < -0.3 is 15.4 Å². The van der Waals surface area contributed by atoms with E-state index in [1.54, 1.807) is 24.3 Å². The molecule has 0 saturated heterocycles. The van der Waals surface area contributed by atoms with E-state index in [1.807, 2.05) is 32.0 Å². The summed E-state index contributed by atoms with van der Waals surface area (Å²) < 4.78 is 19.0. The highest BCUT2D eigenvalue weighted by molar-refractivity contribution is 6.39. The molecular formula is C25H23FN4O4. The standard InChI is InChI=1S/C25H23FN4O4/c1-16-6-5-9-21(17(16)2)28-23(31)15-34-19-12-10-18(11-13-19)14-27-30-25(33)24(32)29-22-8-4-3-7-20(22)26/h3-14H,15H2,1-2H3,(H,28,31)(H,29,32)(H,30,33)/b27-14-. The number of nitrogens with zero attached hydrogens (tertiary/aromatic N) is 1. The van der Waals surface area contributed by atoms with E-state index in [-0.39, 0.29) is 18.2 Å². The Balaban J connectivity index is 1.45. The average molecular weight is 462 g/mol. The van der Waals surface area contributed by atoms with Crippen LogP contribution in [0.3, 0.4) is 0 Å². The molecule has 0 bridgehead atoms. The van der Waals surface area contributed by atoms with Gasteiger partial charge in [-0.25, -0.2) is 9.82 Å². The molecule has 3 aromatic rings. The van der Waals surface area contributed by atoms with E-state index in [9.17, 15) is 18.8 Å². The fourth-order valence-corrected chi connectivity index (χ4v) is 2.83. The Bertz CT molecular complexity index is 1230. The van der Waals surface area contributed by atoms with Gasteiger partial charge in [0.05, 0.1) is 11.9 Å². The largest absolute Gasteiger partial charge is 0.484 e. The number of ether oxygens (including phenoxy) is 1. The molecule has 34 heavy (non-hydrogen) atoms. The van der Waals surface area contributed by atoms with Gasteiger partial charge in [-0.2, -0.15) is 5.10 Å². The first kappa shape index (κ1) is 24.1. The maximum atomic E-state index is 13.5. The number of hydrogen-bond donors (Lipinski definition) is 3. The summed E-state index contributed by atoms with van der Waals surface area (Å²) in [6.45, 7) is 3.75. The molecule has 0 fully saturated rings. The van der Waals surface area contributed by atoms with Gasteiger partial charge >= 0.3 is 11.8 Å². The quantitative estimate of drug-likeness (QED) is 0.283. The first-order valence-corrected chi connectivity index (χ1v) is 10.3. The monoisotopic (exact) mass is 462 g/mol. The van der Waals surface area contributed by atoms with Crippen molar-refractivity contribution in [3.63, 3.8) is 0 Å². The van der Waals surface area contributed by atoms with E-state index in [0.717, 1.165) is 22.9 Å². The molecule has 3 aromatic carbocycles. The number of aryl methyl sites for hydroxylation is 1. The van der Waals surface area contributed by atoms with Crippen LogP contribution in [0.5, 0.6) is 5.75 Å². The Morgan fingerprint density at radius 3 is 2.32 bits per heavy atom. The Hall–Kier alpha value is -4.53. The molecule has 0 atom stereocenters. The fraction of sp³-hybridized carbons (Fsp3) is 0.120. The van der Waals surface area contributed by atoms with Crippen molar-refractivity contribution in [2.45, 2.75) is 13.8 Å². The van der Waals surface area contributed by atoms with E-state index in [1.165, 1.54) is 24.4 Å². The van der Waals surface area contributed by atoms with Crippen molar-refractivity contribution in [3.8, 4) is 5.75 Å². The smallest absolute Gasteiger partial charge is 0.329 e. The summed E-state index contributed by atoms with van der Waals surface area (Å²) in [5.74, 6) is -2.56. The van der Waals surface area contributed by atoms with Crippen LogP contribution in [0.4, 0.5) is 15.8 Å². The third-order valence-corrected chi connectivity index (χ3v) is 4.84. The average Bonchev–Trinajstić information content (AvgIpc) is 2.83. The van der Waals surface area contributed by atoms with Crippen molar-refractivity contribution in [1.82, 2.24) is 5.43 Å². The first-order chi connectivity index (χ1) is 16.3. The molecule has 3 amide bonds. The van der Waals surface area contributed by atoms with Crippen molar-refractivity contribution in [2.24, 2.45) is 5.10 Å². The number of para-hydroxylation sites is 1. The molecule has 0 aromatic heterocycles. The molecule has 0 spiro atoms. The number of amides is 3. The van der Waals surface area contributed by atoms with Crippen molar-refractivity contribution >= 4 is 35.3 Å². The van der Waals surface area contributed by atoms with Gasteiger partial charge in [0, 0.05) is 5.69 Å². The lowest BCUT2D eigenvalue weighted by Crippen LogP contribution is -2.32. The van der Waals surface area contributed by atoms with Crippen molar-refractivity contribution in [2.75, 3.05) is 17.2 Å². The Morgan fingerprint density at radius 2 is 1.59 bits per heavy atom. The molecule has 0 aliphatic heterocycles. The predicted octanol–water partition coefficient (Wildman–Crippen LogP) is 3.55. The number of carbonyl (C=O) groups is 3. The van der Waals surface area contributed by atoms with Crippen LogP contribution in [-0.4, -0.2) is 30.5 Å². The highest BCUT2D eigenvalue weighted by Crippen LogP contribution is 2.18. The Kier molecular flexibility index (Phi) is 8.07. The summed E-state index contributed by atoms with van der Waals surface area (Å²) in [6, 6.07) is 17.8. The van der Waals surface area contributed by atoms with Crippen molar-refractivity contribution in [3.05, 3.63) is 89.2 Å². The molecule has 0 aliphatic rings. The molecule has 0 unspecified atom stereocenters. The summed E-state index contributed by atoms with van der Waals surface area (Å²) in [6.07, 6.45) is 1.32. The number of halogens is 1. The second kappa shape index (κ2) is 11.4. The Morgan fingerprint density at radius 1 is 0.882 bits per heavy atom. The molecule has 9 heteroatoms. The normalized spacial score (nSPS) is 10.6. The number of hydrogen-bond acceptors (Lipinski definition) is 5. The molecular weight excluding hydrogens is 439 g/mol. The Labute approximate surface area is 195 Å². The van der Waals surface area contributed by atoms with Gasteiger partial charge in [-0.05, 0) is 73.0 Å². The third-order valence-electron chi connectivity index (χ3n) is 4.84. The van der Waals surface area contributed by atoms with Gasteiger partial charge in [0.2, 0.25) is 0 Å². The van der Waals surface area contributed by atoms with Crippen LogP contribution >= 0.6 is 0 Å². The van der Waals surface area contributed by atoms with Crippen LogP contribution in [-0.2, 0) is 14.4 Å². The minimum Gasteiger partial charge on any atom is -0.484 e. The lowest BCUT2D eigenvalue weighted by atomic mass is 10.1. The summed E-state index contributed by atoms with van der Waals surface area (Å²) in [7, 11) is 0. The van der Waals surface area contributed by atoms with E-state index in [2.05, 4.69) is 21.2 Å². The topological polar surface area (TPSA) is 109 Å². The molecule has 174 valence electrons. The second-order valence-electron chi connectivity index (χ2n) is 7.29. The number of rotatable bonds is 7. The number of carbonyl (C=O) groups excluding carboxylic acids is 3. The molecule has 0 heterocycles. The van der Waals surface area contributed by atoms with Crippen molar-refractivity contribution in [1.29, 1.82) is 0 Å². The minimum atomic E-state index is -1.05. The molecule has 3 N–H and O–H groups in total. The summed E-state index contributed by atoms with van der Waals surface area (Å²) in [5.41, 5.74) is 5.39. The number of anilines is 2. The lowest BCUT2D eigenvalue weighted by Gasteiger charge is -2.11. The van der Waals surface area contributed by atoms with Gasteiger partial charge in [-0.3, -0.25) is 14.4 Å². The van der Waals surface area contributed by atoms with Crippen LogP contribution in [0.15, 0.2) is 71.8 Å². The van der Waals surface area contributed by atoms with Crippen LogP contribution in [0.2, 0.25) is 0 Å². The molecule has 0 radical (unpaired) electrons. The van der Waals surface area contributed by atoms with Gasteiger partial charge in [-0.15, -0.1) is 0 Å². The summed E-state index contributed by atoms with van der Waals surface area (Å²) >= 11 is 0. The van der Waals surface area contributed by atoms with Gasteiger partial charge in [0.25, 0.3) is 5.91 Å². The lowest BCUT2D eigenvalue weighted by molar-refractivity contribution is -0.136. The van der Waals surface area contributed by atoms with E-state index < -0.39 is 17.6 Å². The highest BCUT2D eigenvalue weighted by atomic mass is 19.1. The zero-order chi connectivity index (χ0) is 24.5. The van der Waals surface area contributed by atoms with Crippen molar-refractivity contribution < 1.29 is 23.5 Å². The molecule has 8 nitrogen and oxygen atoms in total. The number of benzene rings is 3. The predicted molar refractivity (Wildman–Crippen MR) is 127 cm³/mol. The van der Waals surface area contributed by atoms with Gasteiger partial charge in [0.15, 0.2) is 6.61 Å². The van der Waals surface area contributed by atoms with E-state index in [0.29, 0.717) is 11.3 Å². The zero-order valence-electron chi connectivity index (χ0n) is 18.6. The third kappa shape index (κ3) is 6.73. The summed E-state index contributed by atoms with van der Waals surface area (Å²) in [4.78, 5) is 35.8. The summed E-state index contributed by atoms with van der Waals surface area (Å²) in [5, 5.41) is 8.69. The van der Waals surface area contributed by atoms with Crippen LogP contribution in [0, 0.1) is 19.7 Å². The highest BCUT2D eigenvalue weighted by Gasteiger charge is 2.14. The molecule has 0 saturated carbocycles. The maximum Gasteiger partial charge on any atom is 0.329 e. The SMILES string of the molecule is Cc1cccc(NC(=O)COc2ccc(/C=N\NC(=O)C(=O)Nc3ccccc3F)cc2)c1C. The maximum absolute atomic E-state index is 13.5. The molecule has 3 rings (SSSR count). The van der Waals surface area contributed by atoms with Crippen LogP contribution < -0.4 is 20.8 Å². The van der Waals surface area contributed by atoms with E-state index >= 15 is 0 Å². The number of nitrogens with one attached hydrogen (secondary N) is 3. The van der Waals surface area contributed by atoms with Gasteiger partial charge in [0.1, 0.15) is 11.6 Å². The fourth-order valence-electron chi connectivity index (χ4n) is 2.83. The first-order valence-electron chi connectivity index (χ1n) is 10.3. The number of hydrazone groups is 1. The van der Waals surface area contributed by atoms with Crippen LogP contribution in [0.1, 0.15) is 16.7 Å². The minimum absolute atomic E-state index is 0.107. The second-order valence-corrected chi connectivity index (χ2v) is 7.29. The van der Waals surface area contributed by atoms with Crippen LogP contribution in [0.25, 0.3) is 0 Å². The zero-order valence-corrected chi connectivity index (χ0v) is 18.6. The molecule has 0 aliphatic carbocycles. The van der Waals surface area contributed by atoms with Gasteiger partial charge in [-0.1, -0.05) is 24.3 Å². The van der Waals surface area contributed by atoms with E-state index in [4.69, 9.17) is 4.74 Å².